The van der Waals surface area contributed by atoms with Gasteiger partial charge in [0, 0.05) is 19.2 Å². The zero-order valence-electron chi connectivity index (χ0n) is 16.1. The van der Waals surface area contributed by atoms with Crippen molar-refractivity contribution in [2.24, 2.45) is 7.05 Å². The van der Waals surface area contributed by atoms with Crippen LogP contribution in [0.3, 0.4) is 0 Å². The van der Waals surface area contributed by atoms with E-state index in [1.54, 1.807) is 0 Å². The first kappa shape index (κ1) is 19.4. The molecule has 0 radical (unpaired) electrons. The third-order valence-corrected chi connectivity index (χ3v) is 4.77. The second kappa shape index (κ2) is 7.14. The predicted molar refractivity (Wildman–Crippen MR) is 108 cm³/mol. The Labute approximate surface area is 167 Å². The molecule has 154 valence electrons. The lowest BCUT2D eigenvalue weighted by Gasteiger charge is -2.07. The van der Waals surface area contributed by atoms with Crippen LogP contribution in [-0.4, -0.2) is 20.0 Å². The number of H-pyrrole nitrogens is 1. The van der Waals surface area contributed by atoms with Crippen molar-refractivity contribution >= 4 is 33.7 Å². The average Bonchev–Trinajstić information content (AvgIpc) is 3.08. The van der Waals surface area contributed by atoms with Crippen LogP contribution in [0.4, 0.5) is 10.1 Å². The summed E-state index contributed by atoms with van der Waals surface area (Å²) >= 11 is 0. The van der Waals surface area contributed by atoms with Gasteiger partial charge >= 0.3 is 11.3 Å². The number of hydrogen-bond donors (Lipinski definition) is 2. The fourth-order valence-electron chi connectivity index (χ4n) is 3.29. The zero-order valence-corrected chi connectivity index (χ0v) is 16.1. The highest BCUT2D eigenvalue weighted by Gasteiger charge is 2.20. The summed E-state index contributed by atoms with van der Waals surface area (Å²) in [4.78, 5) is 52.8. The Bertz CT molecular complexity index is 1470. The highest BCUT2D eigenvalue weighted by atomic mass is 19.1. The van der Waals surface area contributed by atoms with Crippen LogP contribution in [0.1, 0.15) is 23.7 Å². The first-order valence-corrected chi connectivity index (χ1v) is 9.18. The third kappa shape index (κ3) is 3.02. The van der Waals surface area contributed by atoms with E-state index in [4.69, 9.17) is 4.42 Å². The Morgan fingerprint density at radius 3 is 2.57 bits per heavy atom. The Kier molecular flexibility index (Phi) is 4.61. The molecule has 0 aliphatic carbocycles. The number of aromatic nitrogens is 3. The van der Waals surface area contributed by atoms with Gasteiger partial charge in [0.1, 0.15) is 22.5 Å². The molecule has 0 bridgehead atoms. The summed E-state index contributed by atoms with van der Waals surface area (Å²) in [6, 6.07) is 6.15. The molecule has 1 aromatic carbocycles. The summed E-state index contributed by atoms with van der Waals surface area (Å²) in [5.41, 5.74) is -1.46. The van der Waals surface area contributed by atoms with Gasteiger partial charge in [0.15, 0.2) is 5.58 Å². The van der Waals surface area contributed by atoms with Gasteiger partial charge in [0.05, 0.1) is 5.52 Å². The van der Waals surface area contributed by atoms with Gasteiger partial charge in [-0.2, -0.15) is 0 Å². The van der Waals surface area contributed by atoms with Crippen molar-refractivity contribution in [3.05, 3.63) is 73.0 Å². The molecule has 1 amide bonds. The summed E-state index contributed by atoms with van der Waals surface area (Å²) in [7, 11) is 1.35. The molecular formula is C20H17FN4O5. The molecule has 2 N–H and O–H groups in total. The van der Waals surface area contributed by atoms with Gasteiger partial charge in [-0.15, -0.1) is 0 Å². The Morgan fingerprint density at radius 1 is 1.20 bits per heavy atom. The monoisotopic (exact) mass is 412 g/mol. The topological polar surface area (TPSA) is 119 Å². The van der Waals surface area contributed by atoms with Crippen molar-refractivity contribution in [2.75, 3.05) is 5.32 Å². The van der Waals surface area contributed by atoms with Gasteiger partial charge in [0.25, 0.3) is 11.5 Å². The molecule has 0 aliphatic rings. The van der Waals surface area contributed by atoms with Crippen LogP contribution in [0.2, 0.25) is 0 Å². The number of fused-ring (bicyclic) bond motifs is 3. The van der Waals surface area contributed by atoms with Crippen molar-refractivity contribution in [2.45, 2.75) is 19.9 Å². The number of aromatic amines is 1. The zero-order chi connectivity index (χ0) is 21.6. The first-order valence-electron chi connectivity index (χ1n) is 9.18. The van der Waals surface area contributed by atoms with Crippen LogP contribution < -0.4 is 22.2 Å². The van der Waals surface area contributed by atoms with E-state index in [9.17, 15) is 23.6 Å². The Hall–Kier alpha value is -3.95. The molecule has 30 heavy (non-hydrogen) atoms. The van der Waals surface area contributed by atoms with Crippen LogP contribution in [0, 0.1) is 5.82 Å². The molecule has 3 heterocycles. The number of carbonyl (C=O) groups is 1. The molecule has 3 aromatic heterocycles. The van der Waals surface area contributed by atoms with E-state index in [0.29, 0.717) is 13.0 Å². The minimum Gasteiger partial charge on any atom is -0.419 e. The van der Waals surface area contributed by atoms with E-state index in [1.807, 2.05) is 6.92 Å². The molecule has 10 heteroatoms. The van der Waals surface area contributed by atoms with Gasteiger partial charge < -0.3 is 14.7 Å². The van der Waals surface area contributed by atoms with Gasteiger partial charge in [-0.05, 0) is 36.8 Å². The molecule has 4 aromatic rings. The number of hydrogen-bond acceptors (Lipinski definition) is 5. The largest absolute Gasteiger partial charge is 0.419 e. The maximum Gasteiger partial charge on any atom is 0.360 e. The summed E-state index contributed by atoms with van der Waals surface area (Å²) in [5.74, 6) is -1.12. The quantitative estimate of drug-likeness (QED) is 0.531. The molecule has 0 unspecified atom stereocenters. The number of aryl methyl sites for hydroxylation is 1. The van der Waals surface area contributed by atoms with E-state index in [0.717, 1.165) is 16.7 Å². The maximum atomic E-state index is 13.0. The standard InChI is InChI=1S/C20H17FN4O5/c1-3-8-25-16-14(18(27)24(2)20(25)29)15-12(22-16)9-13(19(28)30-15)23-17(26)10-4-6-11(21)7-5-10/h4-7,9,22H,3,8H2,1-2H3,(H,23,26). The van der Waals surface area contributed by atoms with Gasteiger partial charge in [0.2, 0.25) is 0 Å². The average molecular weight is 412 g/mol. The summed E-state index contributed by atoms with van der Waals surface area (Å²) in [5, 5.41) is 2.50. The lowest BCUT2D eigenvalue weighted by molar-refractivity contribution is 0.102. The molecule has 0 fully saturated rings. The number of benzene rings is 1. The number of nitrogens with zero attached hydrogens (tertiary/aromatic N) is 2. The Morgan fingerprint density at radius 2 is 1.90 bits per heavy atom. The van der Waals surface area contributed by atoms with Crippen LogP contribution in [0.25, 0.3) is 22.1 Å². The number of anilines is 1. The molecule has 0 saturated carbocycles. The fourth-order valence-corrected chi connectivity index (χ4v) is 3.29. The fraction of sp³-hybridized carbons (Fsp3) is 0.200. The number of rotatable bonds is 4. The van der Waals surface area contributed by atoms with Crippen LogP contribution >= 0.6 is 0 Å². The summed E-state index contributed by atoms with van der Waals surface area (Å²) < 4.78 is 20.7. The van der Waals surface area contributed by atoms with Crippen molar-refractivity contribution in [3.63, 3.8) is 0 Å². The molecule has 0 atom stereocenters. The van der Waals surface area contributed by atoms with E-state index >= 15 is 0 Å². The molecule has 0 aliphatic heterocycles. The number of carbonyl (C=O) groups excluding carboxylic acids is 1. The molecular weight excluding hydrogens is 395 g/mol. The second-order valence-corrected chi connectivity index (χ2v) is 6.80. The van der Waals surface area contributed by atoms with Gasteiger partial charge in [-0.1, -0.05) is 6.92 Å². The van der Waals surface area contributed by atoms with Crippen molar-refractivity contribution < 1.29 is 13.6 Å². The van der Waals surface area contributed by atoms with Crippen LogP contribution in [0.15, 0.2) is 49.1 Å². The highest BCUT2D eigenvalue weighted by molar-refractivity contribution is 6.06. The SMILES string of the molecule is CCCn1c(=O)n(C)c(=O)c2c3oc(=O)c(NC(=O)c4ccc(F)cc4)cc3[nH]c21. The summed E-state index contributed by atoms with van der Waals surface area (Å²) in [6.07, 6.45) is 0.644. The smallest absolute Gasteiger partial charge is 0.360 e. The van der Waals surface area contributed by atoms with Gasteiger partial charge in [-0.25, -0.2) is 14.0 Å². The third-order valence-electron chi connectivity index (χ3n) is 4.77. The van der Waals surface area contributed by atoms with E-state index < -0.39 is 28.6 Å². The second-order valence-electron chi connectivity index (χ2n) is 6.80. The van der Waals surface area contributed by atoms with Crippen molar-refractivity contribution in [3.8, 4) is 0 Å². The summed E-state index contributed by atoms with van der Waals surface area (Å²) in [6.45, 7) is 2.24. The normalized spacial score (nSPS) is 11.3. The minimum atomic E-state index is -0.867. The lowest BCUT2D eigenvalue weighted by atomic mass is 10.2. The van der Waals surface area contributed by atoms with E-state index in [1.165, 1.54) is 29.8 Å². The van der Waals surface area contributed by atoms with Gasteiger partial charge in [-0.3, -0.25) is 18.7 Å². The maximum absolute atomic E-state index is 13.0. The molecule has 0 spiro atoms. The highest BCUT2D eigenvalue weighted by Crippen LogP contribution is 2.23. The first-order chi connectivity index (χ1) is 14.3. The van der Waals surface area contributed by atoms with E-state index in [2.05, 4.69) is 10.3 Å². The van der Waals surface area contributed by atoms with E-state index in [-0.39, 0.29) is 33.4 Å². The Balaban J connectivity index is 1.88. The van der Waals surface area contributed by atoms with Crippen molar-refractivity contribution in [1.82, 2.24) is 14.1 Å². The predicted octanol–water partition coefficient (Wildman–Crippen LogP) is 1.94. The molecule has 4 rings (SSSR count). The minimum absolute atomic E-state index is 0.000217. The van der Waals surface area contributed by atoms with Crippen molar-refractivity contribution in [1.29, 1.82) is 0 Å². The van der Waals surface area contributed by atoms with Crippen LogP contribution in [-0.2, 0) is 13.6 Å². The number of amides is 1. The molecule has 9 nitrogen and oxygen atoms in total. The number of nitrogens with one attached hydrogen (secondary N) is 2. The lowest BCUT2D eigenvalue weighted by Crippen LogP contribution is -2.38. The molecule has 0 saturated heterocycles. The number of halogens is 1. The van der Waals surface area contributed by atoms with Crippen LogP contribution in [0.5, 0.6) is 0 Å².